The van der Waals surface area contributed by atoms with Crippen LogP contribution in [-0.2, 0) is 4.79 Å². The number of fused-ring (bicyclic) bond motifs is 1. The monoisotopic (exact) mass is 251 g/mol. The van der Waals surface area contributed by atoms with E-state index >= 15 is 0 Å². The molecule has 0 aliphatic heterocycles. The van der Waals surface area contributed by atoms with Gasteiger partial charge in [0.25, 0.3) is 0 Å². The molecule has 1 amide bonds. The van der Waals surface area contributed by atoms with Gasteiger partial charge in [-0.1, -0.05) is 18.2 Å². The molecule has 0 saturated carbocycles. The molecule has 0 unspecified atom stereocenters. The van der Waals surface area contributed by atoms with Crippen LogP contribution in [-0.4, -0.2) is 5.91 Å². The maximum absolute atomic E-state index is 11.1. The minimum absolute atomic E-state index is 0. The Balaban J connectivity index is 0.00000144. The molecule has 0 radical (unpaired) electrons. The number of hydrogen-bond donors (Lipinski definition) is 1. The Morgan fingerprint density at radius 3 is 2.47 bits per heavy atom. The van der Waals surface area contributed by atoms with Crippen molar-refractivity contribution < 1.29 is 9.21 Å². The average Bonchev–Trinajstić information content (AvgIpc) is 2.70. The molecule has 0 atom stereocenters. The average molecular weight is 252 g/mol. The van der Waals surface area contributed by atoms with Gasteiger partial charge < -0.3 is 10.2 Å². The summed E-state index contributed by atoms with van der Waals surface area (Å²) in [5.74, 6) is 0.274. The molecular formula is C13H14ClNO2. The number of carbonyl (C=O) groups excluding carboxylic acids is 1. The highest BCUT2D eigenvalue weighted by molar-refractivity contribution is 5.99. The number of allylic oxidation sites excluding steroid dienone is 1. The number of para-hydroxylation sites is 1. The number of primary amides is 1. The van der Waals surface area contributed by atoms with Gasteiger partial charge in [-0.2, -0.15) is 0 Å². The number of carbonyl (C=O) groups is 1. The Hall–Kier alpha value is -1.74. The van der Waals surface area contributed by atoms with Crippen LogP contribution in [0.1, 0.15) is 19.6 Å². The fraction of sp³-hybridized carbons (Fsp3) is 0.154. The molecule has 2 aromatic rings. The molecule has 1 heterocycles. The fourth-order valence-corrected chi connectivity index (χ4v) is 1.54. The molecule has 0 aliphatic carbocycles. The van der Waals surface area contributed by atoms with Crippen molar-refractivity contribution in [1.82, 2.24) is 0 Å². The molecule has 90 valence electrons. The standard InChI is InChI=1S/C13H13NO2.ClH/c1-8(9(2)13(14)15)12-7-10-5-3-4-6-11(10)16-12;/h3-7H,1-2H3,(H2,14,15);1H. The number of furan rings is 1. The first-order valence-corrected chi connectivity index (χ1v) is 5.06. The van der Waals surface area contributed by atoms with E-state index in [1.807, 2.05) is 37.3 Å². The van der Waals surface area contributed by atoms with Crippen molar-refractivity contribution in [3.63, 3.8) is 0 Å². The third-order valence-corrected chi connectivity index (χ3v) is 2.73. The number of hydrogen-bond acceptors (Lipinski definition) is 2. The van der Waals surface area contributed by atoms with E-state index in [1.165, 1.54) is 0 Å². The quantitative estimate of drug-likeness (QED) is 0.834. The highest BCUT2D eigenvalue weighted by atomic mass is 35.5. The molecule has 17 heavy (non-hydrogen) atoms. The van der Waals surface area contributed by atoms with Crippen LogP contribution in [0.5, 0.6) is 0 Å². The summed E-state index contributed by atoms with van der Waals surface area (Å²) in [6.07, 6.45) is 0. The van der Waals surface area contributed by atoms with E-state index in [-0.39, 0.29) is 12.4 Å². The lowest BCUT2D eigenvalue weighted by molar-refractivity contribution is -0.114. The van der Waals surface area contributed by atoms with Gasteiger partial charge in [0.05, 0.1) is 0 Å². The van der Waals surface area contributed by atoms with Gasteiger partial charge in [-0.05, 0) is 26.0 Å². The van der Waals surface area contributed by atoms with E-state index in [0.717, 1.165) is 16.5 Å². The van der Waals surface area contributed by atoms with Gasteiger partial charge in [0.1, 0.15) is 11.3 Å². The number of halogens is 1. The lowest BCUT2D eigenvalue weighted by atomic mass is 10.1. The topological polar surface area (TPSA) is 56.2 Å². The van der Waals surface area contributed by atoms with Crippen LogP contribution in [0, 0.1) is 0 Å². The van der Waals surface area contributed by atoms with Crippen molar-refractivity contribution in [3.05, 3.63) is 41.7 Å². The van der Waals surface area contributed by atoms with E-state index in [2.05, 4.69) is 0 Å². The van der Waals surface area contributed by atoms with Gasteiger partial charge in [-0.15, -0.1) is 12.4 Å². The first-order chi connectivity index (χ1) is 7.59. The summed E-state index contributed by atoms with van der Waals surface area (Å²) in [5, 5.41) is 1.02. The number of rotatable bonds is 2. The Morgan fingerprint density at radius 1 is 1.24 bits per heavy atom. The Bertz CT molecular complexity index is 551. The van der Waals surface area contributed by atoms with Crippen LogP contribution in [0.15, 0.2) is 40.3 Å². The first-order valence-electron chi connectivity index (χ1n) is 5.06. The molecule has 0 bridgehead atoms. The molecule has 0 saturated heterocycles. The van der Waals surface area contributed by atoms with Crippen LogP contribution >= 0.6 is 12.4 Å². The van der Waals surface area contributed by atoms with Crippen LogP contribution in [0.25, 0.3) is 16.5 Å². The summed E-state index contributed by atoms with van der Waals surface area (Å²) in [6.45, 7) is 3.53. The predicted molar refractivity (Wildman–Crippen MR) is 70.9 cm³/mol. The van der Waals surface area contributed by atoms with Gasteiger partial charge in [-0.3, -0.25) is 4.79 Å². The van der Waals surface area contributed by atoms with Gasteiger partial charge in [0.2, 0.25) is 5.91 Å². The van der Waals surface area contributed by atoms with Gasteiger partial charge in [-0.25, -0.2) is 0 Å². The zero-order valence-electron chi connectivity index (χ0n) is 9.69. The minimum atomic E-state index is -0.419. The predicted octanol–water partition coefficient (Wildman–Crippen LogP) is 3.13. The lowest BCUT2D eigenvalue weighted by Gasteiger charge is -1.99. The third-order valence-electron chi connectivity index (χ3n) is 2.73. The van der Waals surface area contributed by atoms with Crippen molar-refractivity contribution in [2.45, 2.75) is 13.8 Å². The number of nitrogens with two attached hydrogens (primary N) is 1. The zero-order chi connectivity index (χ0) is 11.7. The summed E-state index contributed by atoms with van der Waals surface area (Å²) in [7, 11) is 0. The zero-order valence-corrected chi connectivity index (χ0v) is 10.5. The third kappa shape index (κ3) is 2.50. The molecule has 3 nitrogen and oxygen atoms in total. The Morgan fingerprint density at radius 2 is 1.88 bits per heavy atom. The molecule has 1 aromatic carbocycles. The van der Waals surface area contributed by atoms with Crippen molar-refractivity contribution in [1.29, 1.82) is 0 Å². The molecule has 2 N–H and O–H groups in total. The maximum atomic E-state index is 11.1. The summed E-state index contributed by atoms with van der Waals surface area (Å²) in [6, 6.07) is 9.63. The lowest BCUT2D eigenvalue weighted by Crippen LogP contribution is -2.12. The van der Waals surface area contributed by atoms with E-state index in [4.69, 9.17) is 10.2 Å². The highest BCUT2D eigenvalue weighted by Gasteiger charge is 2.10. The molecular weight excluding hydrogens is 238 g/mol. The summed E-state index contributed by atoms with van der Waals surface area (Å²) in [5.41, 5.74) is 7.35. The number of benzene rings is 1. The summed E-state index contributed by atoms with van der Waals surface area (Å²) >= 11 is 0. The Kier molecular flexibility index (Phi) is 3.97. The second-order valence-corrected chi connectivity index (χ2v) is 3.76. The summed E-state index contributed by atoms with van der Waals surface area (Å²) < 4.78 is 5.64. The van der Waals surface area contributed by atoms with Crippen LogP contribution < -0.4 is 5.73 Å². The van der Waals surface area contributed by atoms with E-state index in [1.54, 1.807) is 6.92 Å². The second-order valence-electron chi connectivity index (χ2n) is 3.76. The van der Waals surface area contributed by atoms with E-state index in [0.29, 0.717) is 11.3 Å². The molecule has 1 aromatic heterocycles. The smallest absolute Gasteiger partial charge is 0.244 e. The maximum Gasteiger partial charge on any atom is 0.244 e. The van der Waals surface area contributed by atoms with Crippen LogP contribution in [0.2, 0.25) is 0 Å². The van der Waals surface area contributed by atoms with Crippen LogP contribution in [0.3, 0.4) is 0 Å². The minimum Gasteiger partial charge on any atom is -0.456 e. The van der Waals surface area contributed by atoms with E-state index < -0.39 is 5.91 Å². The summed E-state index contributed by atoms with van der Waals surface area (Å²) in [4.78, 5) is 11.1. The SMILES string of the molecule is CC(C(N)=O)=C(C)c1cc2ccccc2o1.Cl. The molecule has 2 rings (SSSR count). The highest BCUT2D eigenvalue weighted by Crippen LogP contribution is 2.25. The van der Waals surface area contributed by atoms with Crippen molar-refractivity contribution in [3.8, 4) is 0 Å². The van der Waals surface area contributed by atoms with Crippen molar-refractivity contribution in [2.24, 2.45) is 5.73 Å². The molecule has 0 fully saturated rings. The van der Waals surface area contributed by atoms with Crippen molar-refractivity contribution in [2.75, 3.05) is 0 Å². The number of amides is 1. The van der Waals surface area contributed by atoms with Crippen molar-refractivity contribution >= 4 is 34.9 Å². The first kappa shape index (κ1) is 13.3. The molecule has 4 heteroatoms. The molecule has 0 spiro atoms. The van der Waals surface area contributed by atoms with Gasteiger partial charge in [0, 0.05) is 16.5 Å². The fourth-order valence-electron chi connectivity index (χ4n) is 1.54. The Labute approximate surface area is 106 Å². The normalized spacial score (nSPS) is 11.9. The largest absolute Gasteiger partial charge is 0.456 e. The van der Waals surface area contributed by atoms with Crippen LogP contribution in [0.4, 0.5) is 0 Å². The second kappa shape index (κ2) is 5.06. The van der Waals surface area contributed by atoms with Gasteiger partial charge in [0.15, 0.2) is 0 Å². The van der Waals surface area contributed by atoms with E-state index in [9.17, 15) is 4.79 Å². The van der Waals surface area contributed by atoms with Gasteiger partial charge >= 0.3 is 0 Å². The molecule has 0 aliphatic rings.